The lowest BCUT2D eigenvalue weighted by atomic mass is 9.79. The van der Waals surface area contributed by atoms with Gasteiger partial charge in [-0.25, -0.2) is 0 Å². The average molecular weight is 792 g/mol. The number of rotatable bonds is 8. The summed E-state index contributed by atoms with van der Waals surface area (Å²) in [5, 5.41) is 2.52. The van der Waals surface area contributed by atoms with Crippen LogP contribution in [0.3, 0.4) is 0 Å². The van der Waals surface area contributed by atoms with Crippen molar-refractivity contribution >= 4 is 27.8 Å². The molecular weight excluding hydrogens is 747 g/mol. The van der Waals surface area contributed by atoms with Gasteiger partial charge in [0.05, 0.1) is 0 Å². The third-order valence-electron chi connectivity index (χ3n) is 12.8. The van der Waals surface area contributed by atoms with Crippen molar-refractivity contribution in [3.8, 4) is 66.8 Å². The van der Waals surface area contributed by atoms with E-state index in [-0.39, 0.29) is 5.41 Å². The summed E-state index contributed by atoms with van der Waals surface area (Å²) in [6.45, 7) is 4.72. The first-order chi connectivity index (χ1) is 30.5. The molecule has 62 heavy (non-hydrogen) atoms. The molecule has 1 aliphatic rings. The van der Waals surface area contributed by atoms with Gasteiger partial charge in [0.2, 0.25) is 0 Å². The van der Waals surface area contributed by atoms with Gasteiger partial charge in [-0.3, -0.25) is 0 Å². The average Bonchev–Trinajstić information content (AvgIpc) is 3.58. The number of fused-ring (bicyclic) bond motifs is 4. The Morgan fingerprint density at radius 2 is 0.677 bits per heavy atom. The molecule has 0 aromatic heterocycles. The first-order valence-corrected chi connectivity index (χ1v) is 21.6. The molecule has 294 valence electrons. The molecule has 0 fully saturated rings. The predicted molar refractivity (Wildman–Crippen MR) is 263 cm³/mol. The van der Waals surface area contributed by atoms with Gasteiger partial charge >= 0.3 is 0 Å². The Morgan fingerprint density at radius 1 is 0.274 bits per heavy atom. The fourth-order valence-corrected chi connectivity index (χ4v) is 9.69. The monoisotopic (exact) mass is 791 g/mol. The van der Waals surface area contributed by atoms with Crippen LogP contribution in [-0.2, 0) is 5.41 Å². The van der Waals surface area contributed by atoms with E-state index in [0.29, 0.717) is 0 Å². The first kappa shape index (κ1) is 37.3. The van der Waals surface area contributed by atoms with Crippen LogP contribution in [0.1, 0.15) is 25.0 Å². The SMILES string of the molecule is CC1(C)c2ccccc2-c2cccc(-c3ccc(N(c4ccc(-c5ccccc5)cc4)c4ccc(-c5cccc(-c6cccc(-c7ccc8ccccc8c7)c6)c5)cc4)cc3)c21. The quantitative estimate of drug-likeness (QED) is 0.148. The van der Waals surface area contributed by atoms with Gasteiger partial charge in [-0.15, -0.1) is 0 Å². The minimum atomic E-state index is -0.0864. The van der Waals surface area contributed by atoms with Crippen molar-refractivity contribution in [3.63, 3.8) is 0 Å². The molecule has 0 atom stereocenters. The van der Waals surface area contributed by atoms with Crippen molar-refractivity contribution in [1.29, 1.82) is 0 Å². The second kappa shape index (κ2) is 15.4. The number of hydrogen-bond donors (Lipinski definition) is 0. The van der Waals surface area contributed by atoms with E-state index in [0.717, 1.165) is 17.1 Å². The molecule has 11 rings (SSSR count). The second-order valence-corrected chi connectivity index (χ2v) is 17.0. The zero-order valence-corrected chi connectivity index (χ0v) is 35.0. The lowest BCUT2D eigenvalue weighted by Gasteiger charge is -2.27. The van der Waals surface area contributed by atoms with Crippen LogP contribution in [0.25, 0.3) is 77.5 Å². The summed E-state index contributed by atoms with van der Waals surface area (Å²) in [6.07, 6.45) is 0. The van der Waals surface area contributed by atoms with E-state index in [4.69, 9.17) is 0 Å². The zero-order chi connectivity index (χ0) is 41.6. The first-order valence-electron chi connectivity index (χ1n) is 21.6. The van der Waals surface area contributed by atoms with Gasteiger partial charge in [0.15, 0.2) is 0 Å². The van der Waals surface area contributed by atoms with Crippen LogP contribution in [0.5, 0.6) is 0 Å². The van der Waals surface area contributed by atoms with E-state index >= 15 is 0 Å². The maximum absolute atomic E-state index is 2.37. The Morgan fingerprint density at radius 3 is 1.31 bits per heavy atom. The van der Waals surface area contributed by atoms with Crippen LogP contribution in [0, 0.1) is 0 Å². The van der Waals surface area contributed by atoms with Crippen molar-refractivity contribution in [2.75, 3.05) is 4.90 Å². The van der Waals surface area contributed by atoms with Gasteiger partial charge < -0.3 is 4.90 Å². The minimum absolute atomic E-state index is 0.0864. The molecule has 0 spiro atoms. The highest BCUT2D eigenvalue weighted by Crippen LogP contribution is 2.52. The lowest BCUT2D eigenvalue weighted by Crippen LogP contribution is -2.16. The van der Waals surface area contributed by atoms with E-state index in [2.05, 4.69) is 255 Å². The van der Waals surface area contributed by atoms with Crippen molar-refractivity contribution in [2.24, 2.45) is 0 Å². The van der Waals surface area contributed by atoms with E-state index in [1.807, 2.05) is 0 Å². The zero-order valence-electron chi connectivity index (χ0n) is 35.0. The van der Waals surface area contributed by atoms with E-state index in [9.17, 15) is 0 Å². The predicted octanol–water partition coefficient (Wildman–Crippen LogP) is 17.0. The maximum Gasteiger partial charge on any atom is 0.0462 e. The second-order valence-electron chi connectivity index (χ2n) is 17.0. The summed E-state index contributed by atoms with van der Waals surface area (Å²) in [5.41, 5.74) is 20.9. The van der Waals surface area contributed by atoms with Crippen molar-refractivity contribution in [2.45, 2.75) is 19.3 Å². The molecule has 0 aliphatic heterocycles. The summed E-state index contributed by atoms with van der Waals surface area (Å²) in [6, 6.07) is 86.5. The molecule has 0 unspecified atom stereocenters. The van der Waals surface area contributed by atoms with Gasteiger partial charge in [-0.05, 0) is 143 Å². The van der Waals surface area contributed by atoms with Gasteiger partial charge in [-0.2, -0.15) is 0 Å². The third kappa shape index (κ3) is 6.69. The van der Waals surface area contributed by atoms with Crippen LogP contribution in [-0.4, -0.2) is 0 Å². The Bertz CT molecular complexity index is 3230. The van der Waals surface area contributed by atoms with E-state index in [1.165, 1.54) is 88.7 Å². The highest BCUT2D eigenvalue weighted by atomic mass is 15.1. The molecule has 0 saturated heterocycles. The van der Waals surface area contributed by atoms with Gasteiger partial charge in [0, 0.05) is 22.5 Å². The molecular formula is C61H45N. The normalized spacial score (nSPS) is 12.5. The Balaban J connectivity index is 0.928. The molecule has 0 radical (unpaired) electrons. The smallest absolute Gasteiger partial charge is 0.0462 e. The highest BCUT2D eigenvalue weighted by molar-refractivity contribution is 5.90. The summed E-state index contributed by atoms with van der Waals surface area (Å²) in [4.78, 5) is 2.37. The van der Waals surface area contributed by atoms with Gasteiger partial charge in [0.1, 0.15) is 0 Å². The Kier molecular flexibility index (Phi) is 9.24. The molecule has 0 amide bonds. The summed E-state index contributed by atoms with van der Waals surface area (Å²) < 4.78 is 0. The molecule has 0 bridgehead atoms. The van der Waals surface area contributed by atoms with Crippen LogP contribution >= 0.6 is 0 Å². The molecule has 1 aliphatic carbocycles. The number of benzene rings is 10. The Labute approximate surface area is 364 Å². The number of anilines is 3. The van der Waals surface area contributed by atoms with Crippen molar-refractivity contribution < 1.29 is 0 Å². The molecule has 0 saturated carbocycles. The van der Waals surface area contributed by atoms with Crippen molar-refractivity contribution in [3.05, 3.63) is 248 Å². The topological polar surface area (TPSA) is 3.24 Å². The summed E-state index contributed by atoms with van der Waals surface area (Å²) in [7, 11) is 0. The number of hydrogen-bond acceptors (Lipinski definition) is 1. The maximum atomic E-state index is 2.37. The van der Waals surface area contributed by atoms with Crippen LogP contribution < -0.4 is 4.90 Å². The van der Waals surface area contributed by atoms with E-state index in [1.54, 1.807) is 0 Å². The highest BCUT2D eigenvalue weighted by Gasteiger charge is 2.37. The molecule has 0 heterocycles. The molecule has 1 nitrogen and oxygen atoms in total. The number of nitrogens with zero attached hydrogens (tertiary/aromatic N) is 1. The minimum Gasteiger partial charge on any atom is -0.311 e. The van der Waals surface area contributed by atoms with E-state index < -0.39 is 0 Å². The third-order valence-corrected chi connectivity index (χ3v) is 12.8. The Hall–Kier alpha value is -7.74. The lowest BCUT2D eigenvalue weighted by molar-refractivity contribution is 0.662. The summed E-state index contributed by atoms with van der Waals surface area (Å²) in [5.74, 6) is 0. The fourth-order valence-electron chi connectivity index (χ4n) is 9.69. The molecule has 0 N–H and O–H groups in total. The molecule has 1 heteroatoms. The summed E-state index contributed by atoms with van der Waals surface area (Å²) >= 11 is 0. The molecule has 10 aromatic carbocycles. The largest absolute Gasteiger partial charge is 0.311 e. The standard InChI is InChI=1S/C61H45N/c1-61(2)59-24-9-8-21-57(59)58-23-12-22-56(60(58)61)46-31-37-55(38-32-46)62(53-33-27-44(28-34-53)42-13-4-3-5-14-42)54-35-29-45(30-36-54)48-17-10-18-49(39-48)50-19-11-20-51(41-50)52-26-25-43-15-6-7-16-47(43)40-52/h3-41H,1-2H3. The van der Waals surface area contributed by atoms with Gasteiger partial charge in [0.25, 0.3) is 0 Å². The van der Waals surface area contributed by atoms with Crippen LogP contribution in [0.4, 0.5) is 17.1 Å². The van der Waals surface area contributed by atoms with Gasteiger partial charge in [-0.1, -0.05) is 196 Å². The molecule has 10 aromatic rings. The van der Waals surface area contributed by atoms with Crippen LogP contribution in [0.2, 0.25) is 0 Å². The van der Waals surface area contributed by atoms with Crippen molar-refractivity contribution in [1.82, 2.24) is 0 Å². The fraction of sp³-hybridized carbons (Fsp3) is 0.0492. The van der Waals surface area contributed by atoms with Crippen LogP contribution in [0.15, 0.2) is 237 Å².